The van der Waals surface area contributed by atoms with Crippen LogP contribution in [0.4, 0.5) is 5.69 Å². The fourth-order valence-electron chi connectivity index (χ4n) is 2.99. The fraction of sp³-hybridized carbons (Fsp3) is 0.500. The second kappa shape index (κ2) is 11.6. The summed E-state index contributed by atoms with van der Waals surface area (Å²) in [6, 6.07) is 8.72. The number of nitrogens with one attached hydrogen (secondary N) is 2. The Balaban J connectivity index is 0.00000280. The maximum absolute atomic E-state index is 5.41. The molecule has 1 aromatic heterocycles. The predicted octanol–water partition coefficient (Wildman–Crippen LogP) is 3.12. The Morgan fingerprint density at radius 1 is 1.18 bits per heavy atom. The number of anilines is 1. The van der Waals surface area contributed by atoms with Gasteiger partial charge in [0.25, 0.3) is 0 Å². The lowest BCUT2D eigenvalue weighted by Crippen LogP contribution is -2.38. The van der Waals surface area contributed by atoms with E-state index in [9.17, 15) is 0 Å². The van der Waals surface area contributed by atoms with Crippen molar-refractivity contribution in [2.45, 2.75) is 26.8 Å². The van der Waals surface area contributed by atoms with Crippen LogP contribution in [-0.4, -0.2) is 50.8 Å². The average Bonchev–Trinajstić information content (AvgIpc) is 3.03. The van der Waals surface area contributed by atoms with Gasteiger partial charge in [-0.3, -0.25) is 4.99 Å². The summed E-state index contributed by atoms with van der Waals surface area (Å²) in [4.78, 5) is 12.5. The van der Waals surface area contributed by atoms with Crippen molar-refractivity contribution in [3.05, 3.63) is 45.4 Å². The quantitative estimate of drug-likeness (QED) is 0.352. The van der Waals surface area contributed by atoms with Crippen LogP contribution in [0.15, 0.2) is 29.3 Å². The van der Waals surface area contributed by atoms with Gasteiger partial charge in [-0.15, -0.1) is 35.3 Å². The molecule has 1 fully saturated rings. The number of benzene rings is 1. The van der Waals surface area contributed by atoms with Gasteiger partial charge in [-0.1, -0.05) is 12.1 Å². The SMILES string of the molecule is CN=C(NCCc1nc(C)c(C)s1)NCc1ccc(N2CCOCC2)cc1.I. The number of hydrogen-bond donors (Lipinski definition) is 2. The van der Waals surface area contributed by atoms with Crippen molar-refractivity contribution in [3.63, 3.8) is 0 Å². The van der Waals surface area contributed by atoms with Crippen molar-refractivity contribution in [3.8, 4) is 0 Å². The molecule has 0 radical (unpaired) electrons. The molecule has 154 valence electrons. The van der Waals surface area contributed by atoms with Gasteiger partial charge < -0.3 is 20.3 Å². The lowest BCUT2D eigenvalue weighted by Gasteiger charge is -2.28. The van der Waals surface area contributed by atoms with Crippen LogP contribution in [0.25, 0.3) is 0 Å². The van der Waals surface area contributed by atoms with Gasteiger partial charge in [0.05, 0.1) is 23.9 Å². The molecule has 0 amide bonds. The number of morpholine rings is 1. The third-order valence-corrected chi connectivity index (χ3v) is 5.83. The van der Waals surface area contributed by atoms with Crippen molar-refractivity contribution >= 4 is 47.0 Å². The van der Waals surface area contributed by atoms with E-state index in [1.54, 1.807) is 18.4 Å². The van der Waals surface area contributed by atoms with Gasteiger partial charge in [0.2, 0.25) is 0 Å². The molecule has 1 saturated heterocycles. The van der Waals surface area contributed by atoms with Gasteiger partial charge in [-0.2, -0.15) is 0 Å². The molecule has 0 saturated carbocycles. The number of guanidine groups is 1. The highest BCUT2D eigenvalue weighted by molar-refractivity contribution is 14.0. The number of rotatable bonds is 6. The van der Waals surface area contributed by atoms with Crippen LogP contribution in [0.5, 0.6) is 0 Å². The van der Waals surface area contributed by atoms with Crippen LogP contribution in [0.1, 0.15) is 21.1 Å². The van der Waals surface area contributed by atoms with Crippen LogP contribution in [-0.2, 0) is 17.7 Å². The van der Waals surface area contributed by atoms with Gasteiger partial charge in [-0.25, -0.2) is 4.98 Å². The molecule has 2 heterocycles. The molecule has 6 nitrogen and oxygen atoms in total. The van der Waals surface area contributed by atoms with Crippen LogP contribution >= 0.6 is 35.3 Å². The van der Waals surface area contributed by atoms with E-state index >= 15 is 0 Å². The first-order valence-corrected chi connectivity index (χ1v) is 10.3. The molecule has 0 unspecified atom stereocenters. The third kappa shape index (κ3) is 6.59. The minimum Gasteiger partial charge on any atom is -0.378 e. The van der Waals surface area contributed by atoms with Crippen molar-refractivity contribution in [2.24, 2.45) is 4.99 Å². The standard InChI is InChI=1S/C20H29N5OS.HI/c1-15-16(2)27-19(24-15)8-9-22-20(21-3)23-14-17-4-6-18(7-5-17)25-10-12-26-13-11-25;/h4-7H,8-14H2,1-3H3,(H2,21,22,23);1H. The van der Waals surface area contributed by atoms with E-state index < -0.39 is 0 Å². The second-order valence-corrected chi connectivity index (χ2v) is 7.91. The third-order valence-electron chi connectivity index (χ3n) is 4.70. The molecule has 1 aliphatic heterocycles. The molecule has 2 aromatic rings. The fourth-order valence-corrected chi connectivity index (χ4v) is 3.92. The Morgan fingerprint density at radius 3 is 2.50 bits per heavy atom. The summed E-state index contributed by atoms with van der Waals surface area (Å²) in [5.41, 5.74) is 3.64. The van der Waals surface area contributed by atoms with E-state index in [4.69, 9.17) is 4.74 Å². The van der Waals surface area contributed by atoms with Crippen molar-refractivity contribution in [1.29, 1.82) is 0 Å². The van der Waals surface area contributed by atoms with E-state index in [1.807, 2.05) is 0 Å². The predicted molar refractivity (Wildman–Crippen MR) is 128 cm³/mol. The lowest BCUT2D eigenvalue weighted by molar-refractivity contribution is 0.122. The van der Waals surface area contributed by atoms with Crippen LogP contribution < -0.4 is 15.5 Å². The number of hydrogen-bond acceptors (Lipinski definition) is 5. The van der Waals surface area contributed by atoms with E-state index in [-0.39, 0.29) is 24.0 Å². The van der Waals surface area contributed by atoms with Crippen molar-refractivity contribution in [2.75, 3.05) is 44.8 Å². The molecule has 1 aliphatic rings. The largest absolute Gasteiger partial charge is 0.378 e. The summed E-state index contributed by atoms with van der Waals surface area (Å²) < 4.78 is 5.41. The van der Waals surface area contributed by atoms with Gasteiger partial charge >= 0.3 is 0 Å². The van der Waals surface area contributed by atoms with Crippen LogP contribution in [0.2, 0.25) is 0 Å². The Hall–Kier alpha value is -1.39. The number of halogens is 1. The maximum atomic E-state index is 5.41. The number of ether oxygens (including phenoxy) is 1. The first-order valence-electron chi connectivity index (χ1n) is 9.45. The first-order chi connectivity index (χ1) is 13.2. The molecule has 1 aromatic carbocycles. The number of aromatic nitrogens is 1. The van der Waals surface area contributed by atoms with Crippen LogP contribution in [0, 0.1) is 13.8 Å². The number of aliphatic imine (C=N–C) groups is 1. The van der Waals surface area contributed by atoms with Gasteiger partial charge in [0, 0.05) is 50.2 Å². The van der Waals surface area contributed by atoms with E-state index in [0.717, 1.165) is 57.5 Å². The number of nitrogens with zero attached hydrogens (tertiary/aromatic N) is 3. The molecule has 0 bridgehead atoms. The molecule has 8 heteroatoms. The number of aryl methyl sites for hydroxylation is 2. The van der Waals surface area contributed by atoms with Gasteiger partial charge in [0.15, 0.2) is 5.96 Å². The summed E-state index contributed by atoms with van der Waals surface area (Å²) in [7, 11) is 1.80. The zero-order chi connectivity index (χ0) is 19.1. The Morgan fingerprint density at radius 2 is 1.89 bits per heavy atom. The monoisotopic (exact) mass is 515 g/mol. The summed E-state index contributed by atoms with van der Waals surface area (Å²) in [6.07, 6.45) is 0.911. The summed E-state index contributed by atoms with van der Waals surface area (Å²) in [6.45, 7) is 9.30. The molecule has 0 atom stereocenters. The lowest BCUT2D eigenvalue weighted by atomic mass is 10.2. The normalized spacial score (nSPS) is 14.5. The second-order valence-electron chi connectivity index (χ2n) is 6.62. The average molecular weight is 515 g/mol. The van der Waals surface area contributed by atoms with E-state index in [2.05, 4.69) is 63.6 Å². The van der Waals surface area contributed by atoms with Crippen molar-refractivity contribution in [1.82, 2.24) is 15.6 Å². The minimum atomic E-state index is 0. The molecule has 28 heavy (non-hydrogen) atoms. The van der Waals surface area contributed by atoms with E-state index in [1.165, 1.54) is 21.1 Å². The molecular formula is C20H30IN5OS. The smallest absolute Gasteiger partial charge is 0.191 e. The Bertz CT molecular complexity index is 737. The molecule has 0 spiro atoms. The zero-order valence-corrected chi connectivity index (χ0v) is 20.0. The molecular weight excluding hydrogens is 485 g/mol. The van der Waals surface area contributed by atoms with Gasteiger partial charge in [-0.05, 0) is 31.5 Å². The Labute approximate surface area is 188 Å². The topological polar surface area (TPSA) is 61.8 Å². The summed E-state index contributed by atoms with van der Waals surface area (Å²) in [5.74, 6) is 0.817. The first kappa shape index (κ1) is 22.9. The summed E-state index contributed by atoms with van der Waals surface area (Å²) in [5, 5.41) is 7.91. The summed E-state index contributed by atoms with van der Waals surface area (Å²) >= 11 is 1.77. The highest BCUT2D eigenvalue weighted by atomic mass is 127. The minimum absolute atomic E-state index is 0. The highest BCUT2D eigenvalue weighted by Gasteiger charge is 2.10. The molecule has 2 N–H and O–H groups in total. The zero-order valence-electron chi connectivity index (χ0n) is 16.8. The van der Waals surface area contributed by atoms with E-state index in [0.29, 0.717) is 0 Å². The number of thiazole rings is 1. The Kier molecular flexibility index (Phi) is 9.46. The maximum Gasteiger partial charge on any atom is 0.191 e. The molecule has 0 aliphatic carbocycles. The van der Waals surface area contributed by atoms with Gasteiger partial charge in [0.1, 0.15) is 0 Å². The highest BCUT2D eigenvalue weighted by Crippen LogP contribution is 2.17. The molecule has 3 rings (SSSR count). The van der Waals surface area contributed by atoms with Crippen molar-refractivity contribution < 1.29 is 4.74 Å². The van der Waals surface area contributed by atoms with Crippen LogP contribution in [0.3, 0.4) is 0 Å².